The van der Waals surface area contributed by atoms with Crippen LogP contribution in [0, 0.1) is 6.92 Å². The van der Waals surface area contributed by atoms with Crippen LogP contribution in [0.2, 0.25) is 0 Å². The fourth-order valence-corrected chi connectivity index (χ4v) is 2.12. The molecular weight excluding hydrogens is 345 g/mol. The predicted molar refractivity (Wildman–Crippen MR) is 105 cm³/mol. The molecule has 0 aliphatic heterocycles. The highest BCUT2D eigenvalue weighted by Gasteiger charge is 2.14. The van der Waals surface area contributed by atoms with Crippen molar-refractivity contribution in [2.45, 2.75) is 19.4 Å². The molecule has 132 valence electrons. The molecule has 0 radical (unpaired) electrons. The van der Waals surface area contributed by atoms with Gasteiger partial charge in [0, 0.05) is 18.8 Å². The molecule has 0 bridgehead atoms. The number of aryl methyl sites for hydroxylation is 1. The van der Waals surface area contributed by atoms with Crippen molar-refractivity contribution in [3.05, 3.63) is 65.7 Å². The number of amides is 1. The molecule has 2 rings (SSSR count). The van der Waals surface area contributed by atoms with Crippen LogP contribution >= 0.6 is 24.8 Å². The molecule has 0 fully saturated rings. The molecule has 1 unspecified atom stereocenters. The van der Waals surface area contributed by atoms with Gasteiger partial charge in [-0.25, -0.2) is 0 Å². The van der Waals surface area contributed by atoms with Crippen LogP contribution in [0.15, 0.2) is 54.6 Å². The van der Waals surface area contributed by atoms with Crippen LogP contribution in [0.4, 0.5) is 5.69 Å². The van der Waals surface area contributed by atoms with Gasteiger partial charge in [0.2, 0.25) is 5.91 Å². The van der Waals surface area contributed by atoms with E-state index in [2.05, 4.69) is 10.6 Å². The topological polar surface area (TPSA) is 67.2 Å². The van der Waals surface area contributed by atoms with Gasteiger partial charge in [0.15, 0.2) is 0 Å². The predicted octanol–water partition coefficient (Wildman–Crippen LogP) is 3.46. The van der Waals surface area contributed by atoms with Crippen LogP contribution in [-0.4, -0.2) is 19.0 Å². The van der Waals surface area contributed by atoms with Crippen LogP contribution in [0.1, 0.15) is 23.6 Å². The summed E-state index contributed by atoms with van der Waals surface area (Å²) in [5.41, 5.74) is 9.05. The summed E-state index contributed by atoms with van der Waals surface area (Å²) in [6, 6.07) is 17.1. The minimum atomic E-state index is -0.609. The van der Waals surface area contributed by atoms with Crippen LogP contribution in [0.5, 0.6) is 0 Å². The number of benzene rings is 2. The van der Waals surface area contributed by atoms with E-state index in [-0.39, 0.29) is 30.7 Å². The summed E-state index contributed by atoms with van der Waals surface area (Å²) >= 11 is 0. The molecule has 0 saturated heterocycles. The fourth-order valence-electron chi connectivity index (χ4n) is 2.12. The van der Waals surface area contributed by atoms with Crippen molar-refractivity contribution in [1.82, 2.24) is 5.32 Å². The fraction of sp³-hybridized carbons (Fsp3) is 0.278. The molecule has 2 aromatic rings. The third-order valence-corrected chi connectivity index (χ3v) is 3.47. The Morgan fingerprint density at radius 2 is 1.62 bits per heavy atom. The molecule has 24 heavy (non-hydrogen) atoms. The Balaban J connectivity index is 0.00000264. The Morgan fingerprint density at radius 1 is 1.00 bits per heavy atom. The highest BCUT2D eigenvalue weighted by molar-refractivity contribution is 5.85. The van der Waals surface area contributed by atoms with Crippen molar-refractivity contribution in [3.63, 3.8) is 0 Å². The van der Waals surface area contributed by atoms with Gasteiger partial charge in [-0.05, 0) is 31.0 Å². The first kappa shape index (κ1) is 22.2. The number of rotatable bonds is 7. The quantitative estimate of drug-likeness (QED) is 0.654. The van der Waals surface area contributed by atoms with Gasteiger partial charge in [0.1, 0.15) is 6.04 Å². The lowest BCUT2D eigenvalue weighted by Gasteiger charge is -2.13. The number of para-hydroxylation sites is 1. The van der Waals surface area contributed by atoms with Crippen LogP contribution in [0.25, 0.3) is 0 Å². The monoisotopic (exact) mass is 369 g/mol. The maximum Gasteiger partial charge on any atom is 0.241 e. The summed E-state index contributed by atoms with van der Waals surface area (Å²) in [7, 11) is 0. The van der Waals surface area contributed by atoms with Crippen molar-refractivity contribution in [3.8, 4) is 0 Å². The van der Waals surface area contributed by atoms with Crippen molar-refractivity contribution in [2.75, 3.05) is 18.4 Å². The number of carbonyl (C=O) groups excluding carboxylic acids is 1. The van der Waals surface area contributed by atoms with Gasteiger partial charge in [0.25, 0.3) is 0 Å². The van der Waals surface area contributed by atoms with Gasteiger partial charge in [-0.3, -0.25) is 4.79 Å². The number of nitrogens with one attached hydrogen (secondary N) is 2. The van der Waals surface area contributed by atoms with Crippen molar-refractivity contribution in [2.24, 2.45) is 5.73 Å². The summed E-state index contributed by atoms with van der Waals surface area (Å²) < 4.78 is 0. The highest BCUT2D eigenvalue weighted by atomic mass is 35.5. The molecule has 0 aliphatic rings. The normalized spacial score (nSPS) is 10.8. The second-order valence-electron chi connectivity index (χ2n) is 5.33. The smallest absolute Gasteiger partial charge is 0.241 e. The van der Waals surface area contributed by atoms with Gasteiger partial charge in [-0.2, -0.15) is 0 Å². The van der Waals surface area contributed by atoms with E-state index in [9.17, 15) is 4.79 Å². The average Bonchev–Trinajstić information content (AvgIpc) is 2.55. The minimum Gasteiger partial charge on any atom is -0.385 e. The Labute approximate surface area is 156 Å². The van der Waals surface area contributed by atoms with E-state index in [0.717, 1.165) is 29.8 Å². The Bertz CT molecular complexity index is 591. The first-order chi connectivity index (χ1) is 10.7. The molecule has 1 atom stereocenters. The zero-order valence-corrected chi connectivity index (χ0v) is 15.3. The molecule has 2 aromatic carbocycles. The Morgan fingerprint density at radius 3 is 2.25 bits per heavy atom. The zero-order chi connectivity index (χ0) is 15.8. The number of anilines is 1. The van der Waals surface area contributed by atoms with Crippen LogP contribution in [0.3, 0.4) is 0 Å². The lowest BCUT2D eigenvalue weighted by atomic mass is 10.1. The van der Waals surface area contributed by atoms with Gasteiger partial charge >= 0.3 is 0 Å². The van der Waals surface area contributed by atoms with E-state index in [1.54, 1.807) is 0 Å². The Hall–Kier alpha value is -1.75. The molecule has 0 aliphatic carbocycles. The van der Waals surface area contributed by atoms with E-state index < -0.39 is 6.04 Å². The van der Waals surface area contributed by atoms with E-state index in [0.29, 0.717) is 6.54 Å². The molecule has 4 nitrogen and oxygen atoms in total. The summed E-state index contributed by atoms with van der Waals surface area (Å²) in [5.74, 6) is -0.136. The molecule has 0 spiro atoms. The van der Waals surface area contributed by atoms with E-state index in [1.165, 1.54) is 0 Å². The second-order valence-corrected chi connectivity index (χ2v) is 5.33. The summed E-state index contributed by atoms with van der Waals surface area (Å²) in [6.45, 7) is 3.43. The molecule has 4 N–H and O–H groups in total. The molecule has 0 saturated carbocycles. The van der Waals surface area contributed by atoms with Gasteiger partial charge in [-0.1, -0.05) is 48.0 Å². The molecule has 0 heterocycles. The van der Waals surface area contributed by atoms with E-state index >= 15 is 0 Å². The largest absolute Gasteiger partial charge is 0.385 e. The first-order valence-corrected chi connectivity index (χ1v) is 7.55. The lowest BCUT2D eigenvalue weighted by Crippen LogP contribution is -2.35. The van der Waals surface area contributed by atoms with Crippen molar-refractivity contribution >= 4 is 36.4 Å². The Kier molecular flexibility index (Phi) is 10.9. The SMILES string of the molecule is Cc1ccc(C(N)C(=O)NCCCNc2ccccc2)cc1.Cl.Cl. The molecular formula is C18H25Cl2N3O. The number of hydrogen-bond donors (Lipinski definition) is 3. The standard InChI is InChI=1S/C18H23N3O.2ClH/c1-14-8-10-15(11-9-14)17(19)18(22)21-13-5-12-20-16-6-3-2-4-7-16;;/h2-4,6-11,17,20H,5,12-13,19H2,1H3,(H,21,22);2*1H. The highest BCUT2D eigenvalue weighted by Crippen LogP contribution is 2.11. The minimum absolute atomic E-state index is 0. The number of hydrogen-bond acceptors (Lipinski definition) is 3. The lowest BCUT2D eigenvalue weighted by molar-refractivity contribution is -0.122. The number of carbonyl (C=O) groups is 1. The third kappa shape index (κ3) is 7.21. The van der Waals surface area contributed by atoms with Crippen LogP contribution < -0.4 is 16.4 Å². The van der Waals surface area contributed by atoms with Gasteiger partial charge in [0.05, 0.1) is 0 Å². The van der Waals surface area contributed by atoms with Gasteiger partial charge in [-0.15, -0.1) is 24.8 Å². The third-order valence-electron chi connectivity index (χ3n) is 3.47. The summed E-state index contributed by atoms with van der Waals surface area (Å²) in [4.78, 5) is 12.0. The number of nitrogens with two attached hydrogens (primary N) is 1. The van der Waals surface area contributed by atoms with Crippen molar-refractivity contribution < 1.29 is 4.79 Å². The maximum absolute atomic E-state index is 12.0. The molecule has 1 amide bonds. The molecule has 0 aromatic heterocycles. The summed E-state index contributed by atoms with van der Waals surface area (Å²) in [5, 5.41) is 6.18. The average molecular weight is 370 g/mol. The summed E-state index contributed by atoms with van der Waals surface area (Å²) in [6.07, 6.45) is 0.848. The van der Waals surface area contributed by atoms with Crippen LogP contribution in [-0.2, 0) is 4.79 Å². The van der Waals surface area contributed by atoms with E-state index in [4.69, 9.17) is 5.73 Å². The van der Waals surface area contributed by atoms with E-state index in [1.807, 2.05) is 61.5 Å². The zero-order valence-electron chi connectivity index (χ0n) is 13.7. The van der Waals surface area contributed by atoms with Gasteiger partial charge < -0.3 is 16.4 Å². The first-order valence-electron chi connectivity index (χ1n) is 7.55. The second kappa shape index (κ2) is 11.7. The maximum atomic E-state index is 12.0. The molecule has 6 heteroatoms. The van der Waals surface area contributed by atoms with Crippen molar-refractivity contribution in [1.29, 1.82) is 0 Å². The number of halogens is 2.